The number of amides is 2. The van der Waals surface area contributed by atoms with Crippen LogP contribution in [0.2, 0.25) is 0 Å². The summed E-state index contributed by atoms with van der Waals surface area (Å²) in [4.78, 5) is 29.2. The third-order valence-electron chi connectivity index (χ3n) is 9.02. The summed E-state index contributed by atoms with van der Waals surface area (Å²) >= 11 is 2.92. The van der Waals surface area contributed by atoms with Crippen molar-refractivity contribution in [2.75, 3.05) is 19.6 Å². The van der Waals surface area contributed by atoms with Gasteiger partial charge in [-0.3, -0.25) is 9.59 Å². The summed E-state index contributed by atoms with van der Waals surface area (Å²) in [5, 5.41) is 0. The second-order valence-corrected chi connectivity index (χ2v) is 11.1. The summed E-state index contributed by atoms with van der Waals surface area (Å²) in [6.07, 6.45) is 9.95. The zero-order chi connectivity index (χ0) is 23.6. The first-order chi connectivity index (χ1) is 15.7. The average Bonchev–Trinajstić information content (AvgIpc) is 3.13. The molecule has 1 aliphatic heterocycles. The molecule has 1 spiro atoms. The van der Waals surface area contributed by atoms with Gasteiger partial charge in [-0.2, -0.15) is 0 Å². The molecule has 0 aromatic heterocycles. The Morgan fingerprint density at radius 3 is 2.15 bits per heavy atom. The van der Waals surface area contributed by atoms with E-state index in [9.17, 15) is 18.4 Å². The molecule has 5 nitrogen and oxygen atoms in total. The highest BCUT2D eigenvalue weighted by Crippen LogP contribution is 2.80. The lowest BCUT2D eigenvalue weighted by atomic mass is 9.52. The van der Waals surface area contributed by atoms with Crippen molar-refractivity contribution in [1.29, 1.82) is 0 Å². The molecule has 3 fully saturated rings. The summed E-state index contributed by atoms with van der Waals surface area (Å²) in [6, 6.07) is 2.31. The minimum Gasteiger partial charge on any atom is -0.369 e. The molecule has 3 aliphatic carbocycles. The zero-order valence-electron chi connectivity index (χ0n) is 18.6. The Morgan fingerprint density at radius 1 is 1.00 bits per heavy atom. The Bertz CT molecular complexity index is 1010. The fourth-order valence-corrected chi connectivity index (χ4v) is 7.85. The van der Waals surface area contributed by atoms with Crippen molar-refractivity contribution in [3.05, 3.63) is 46.0 Å². The molecule has 2 bridgehead atoms. The first-order valence-electron chi connectivity index (χ1n) is 11.9. The Labute approximate surface area is 201 Å². The van der Waals surface area contributed by atoms with Gasteiger partial charge in [-0.1, -0.05) is 18.6 Å². The maximum atomic E-state index is 14.7. The summed E-state index contributed by atoms with van der Waals surface area (Å²) < 4.78 is 29.2. The van der Waals surface area contributed by atoms with Gasteiger partial charge in [0.25, 0.3) is 0 Å². The van der Waals surface area contributed by atoms with E-state index in [4.69, 9.17) is 11.5 Å². The van der Waals surface area contributed by atoms with Gasteiger partial charge in [0.2, 0.25) is 11.8 Å². The normalized spacial score (nSPS) is 33.8. The number of unbranched alkanes of at least 4 members (excludes halogenated alkanes) is 1. The van der Waals surface area contributed by atoms with Crippen molar-refractivity contribution in [3.8, 4) is 0 Å². The van der Waals surface area contributed by atoms with Crippen LogP contribution in [0.5, 0.6) is 0 Å². The molecule has 5 rings (SSSR count). The Kier molecular flexibility index (Phi) is 5.48. The van der Waals surface area contributed by atoms with Crippen molar-refractivity contribution >= 4 is 27.7 Å². The van der Waals surface area contributed by atoms with Gasteiger partial charge in [-0.25, -0.2) is 8.78 Å². The van der Waals surface area contributed by atoms with Gasteiger partial charge < -0.3 is 16.4 Å². The molecule has 1 aromatic carbocycles. The number of hydrogen-bond donors (Lipinski definition) is 2. The molecule has 4 aliphatic rings. The van der Waals surface area contributed by atoms with Crippen LogP contribution >= 0.6 is 15.9 Å². The SMILES string of the molecule is NC(=O)[C@]1(CCCCN2CCCC2)[C@@H]2C=C[C@@H](C23CC3)[C@@]1(C(N)=O)c1cc(F)c(Br)c(F)c1. The van der Waals surface area contributed by atoms with Gasteiger partial charge in [-0.05, 0) is 103 Å². The summed E-state index contributed by atoms with van der Waals surface area (Å²) in [6.45, 7) is 3.09. The standard InChI is InChI=1S/C25H30BrF2N3O2/c26-20-16(27)13-15(14-17(20)28)25(22(30)33)19-6-5-18(23(19)8-9-23)24(25,21(29)32)7-1-2-10-31-11-3-4-12-31/h5-6,13-14,18-19H,1-4,7-12H2,(H2,29,32)(H2,30,33)/t18-,19+,24+,25-/m1/s1. The molecule has 0 unspecified atom stereocenters. The van der Waals surface area contributed by atoms with Crippen LogP contribution in [0, 0.1) is 34.3 Å². The molecule has 1 aromatic rings. The van der Waals surface area contributed by atoms with E-state index in [0.29, 0.717) is 12.8 Å². The van der Waals surface area contributed by atoms with Crippen molar-refractivity contribution in [3.63, 3.8) is 0 Å². The van der Waals surface area contributed by atoms with Crippen LogP contribution in [0.1, 0.15) is 50.5 Å². The van der Waals surface area contributed by atoms with Crippen LogP contribution in [0.25, 0.3) is 0 Å². The van der Waals surface area contributed by atoms with Crippen molar-refractivity contribution in [1.82, 2.24) is 4.90 Å². The van der Waals surface area contributed by atoms with Crippen LogP contribution in [0.4, 0.5) is 8.78 Å². The number of allylic oxidation sites excluding steroid dienone is 2. The Balaban J connectivity index is 1.61. The third kappa shape index (κ3) is 2.95. The van der Waals surface area contributed by atoms with Gasteiger partial charge in [0, 0.05) is 5.92 Å². The molecule has 0 radical (unpaired) electrons. The number of hydrogen-bond acceptors (Lipinski definition) is 3. The second kappa shape index (κ2) is 7.87. The molecule has 8 heteroatoms. The fourth-order valence-electron chi connectivity index (χ4n) is 7.62. The molecule has 33 heavy (non-hydrogen) atoms. The topological polar surface area (TPSA) is 89.4 Å². The van der Waals surface area contributed by atoms with E-state index >= 15 is 0 Å². The summed E-state index contributed by atoms with van der Waals surface area (Å²) in [5.41, 5.74) is 9.19. The lowest BCUT2D eigenvalue weighted by Gasteiger charge is -2.48. The van der Waals surface area contributed by atoms with E-state index in [0.717, 1.165) is 51.0 Å². The molecule has 178 valence electrons. The van der Waals surface area contributed by atoms with Crippen LogP contribution in [0.3, 0.4) is 0 Å². The lowest BCUT2D eigenvalue weighted by Crippen LogP contribution is -2.62. The highest BCUT2D eigenvalue weighted by Gasteiger charge is 2.82. The number of likely N-dealkylation sites (tertiary alicyclic amines) is 1. The van der Waals surface area contributed by atoms with Crippen LogP contribution in [-0.2, 0) is 15.0 Å². The number of nitrogens with zero attached hydrogens (tertiary/aromatic N) is 1. The van der Waals surface area contributed by atoms with E-state index in [2.05, 4.69) is 20.8 Å². The van der Waals surface area contributed by atoms with Crippen LogP contribution in [-0.4, -0.2) is 36.3 Å². The maximum Gasteiger partial charge on any atom is 0.229 e. The summed E-state index contributed by atoms with van der Waals surface area (Å²) in [5.74, 6) is -3.65. The van der Waals surface area contributed by atoms with Gasteiger partial charge in [0.1, 0.15) is 11.6 Å². The molecule has 4 N–H and O–H groups in total. The van der Waals surface area contributed by atoms with Crippen LogP contribution < -0.4 is 11.5 Å². The van der Waals surface area contributed by atoms with E-state index in [1.165, 1.54) is 12.8 Å². The number of carbonyl (C=O) groups is 2. The minimum atomic E-state index is -1.58. The predicted molar refractivity (Wildman–Crippen MR) is 124 cm³/mol. The molecule has 4 atom stereocenters. The number of nitrogens with two attached hydrogens (primary N) is 2. The van der Waals surface area contributed by atoms with E-state index in [1.54, 1.807) is 0 Å². The van der Waals surface area contributed by atoms with Gasteiger partial charge in [-0.15, -0.1) is 0 Å². The quantitative estimate of drug-likeness (QED) is 0.310. The molecule has 2 saturated carbocycles. The highest BCUT2D eigenvalue weighted by atomic mass is 79.9. The van der Waals surface area contributed by atoms with E-state index < -0.39 is 40.2 Å². The first-order valence-corrected chi connectivity index (χ1v) is 12.7. The molecule has 2 amide bonds. The monoisotopic (exact) mass is 521 g/mol. The minimum absolute atomic E-state index is 0.120. The Morgan fingerprint density at radius 2 is 1.61 bits per heavy atom. The molecular formula is C25H30BrF2N3O2. The van der Waals surface area contributed by atoms with Gasteiger partial charge >= 0.3 is 0 Å². The van der Waals surface area contributed by atoms with Crippen molar-refractivity contribution in [2.24, 2.45) is 34.1 Å². The molecule has 1 heterocycles. The number of rotatable bonds is 8. The zero-order valence-corrected chi connectivity index (χ0v) is 20.2. The number of carbonyl (C=O) groups excluding carboxylic acids is 2. The smallest absolute Gasteiger partial charge is 0.229 e. The van der Waals surface area contributed by atoms with E-state index in [1.807, 2.05) is 12.2 Å². The van der Waals surface area contributed by atoms with Gasteiger partial charge in [0.05, 0.1) is 15.3 Å². The predicted octanol–water partition coefficient (Wildman–Crippen LogP) is 3.78. The second-order valence-electron chi connectivity index (χ2n) is 10.3. The molecule has 1 saturated heterocycles. The maximum absolute atomic E-state index is 14.7. The van der Waals surface area contributed by atoms with Crippen LogP contribution in [0.15, 0.2) is 28.8 Å². The lowest BCUT2D eigenvalue weighted by molar-refractivity contribution is -0.144. The number of primary amides is 2. The number of benzene rings is 1. The highest BCUT2D eigenvalue weighted by molar-refractivity contribution is 9.10. The van der Waals surface area contributed by atoms with Crippen molar-refractivity contribution in [2.45, 2.75) is 50.4 Å². The molecular weight excluding hydrogens is 492 g/mol. The average molecular weight is 522 g/mol. The fraction of sp³-hybridized carbons (Fsp3) is 0.600. The number of halogens is 3. The van der Waals surface area contributed by atoms with Crippen molar-refractivity contribution < 1.29 is 18.4 Å². The first kappa shape index (κ1) is 23.0. The Hall–Kier alpha value is -1.80. The van der Waals surface area contributed by atoms with E-state index in [-0.39, 0.29) is 21.4 Å². The van der Waals surface area contributed by atoms with Gasteiger partial charge in [0.15, 0.2) is 0 Å². The largest absolute Gasteiger partial charge is 0.369 e. The third-order valence-corrected chi connectivity index (χ3v) is 9.78. The summed E-state index contributed by atoms with van der Waals surface area (Å²) in [7, 11) is 0.